The minimum Gasteiger partial charge on any atom is -0.468 e. The molecule has 1 N–H and O–H groups in total. The van der Waals surface area contributed by atoms with Gasteiger partial charge in [0.05, 0.1) is 7.11 Å². The number of methoxy groups -OCH3 is 1. The van der Waals surface area contributed by atoms with Crippen LogP contribution in [0, 0.1) is 0 Å². The van der Waals surface area contributed by atoms with Crippen molar-refractivity contribution in [2.24, 2.45) is 5.11 Å². The van der Waals surface area contributed by atoms with Crippen molar-refractivity contribution < 1.29 is 9.53 Å². The number of likely N-dealkylation sites (tertiary alicyclic amines) is 1. The second kappa shape index (κ2) is 8.09. The van der Waals surface area contributed by atoms with Gasteiger partial charge in [0.1, 0.15) is 5.54 Å². The number of hydrogen-bond acceptors (Lipinski definition) is 5. The molecule has 1 aliphatic rings. The van der Waals surface area contributed by atoms with Crippen LogP contribution in [0.2, 0.25) is 0 Å². The molecule has 1 saturated heterocycles. The molecular formula is C13H25N5O2. The molecule has 0 amide bonds. The molecule has 7 heteroatoms. The summed E-state index contributed by atoms with van der Waals surface area (Å²) < 4.78 is 4.98. The highest BCUT2D eigenvalue weighted by molar-refractivity contribution is 5.80. The molecule has 114 valence electrons. The summed E-state index contributed by atoms with van der Waals surface area (Å²) in [6.45, 7) is 7.01. The van der Waals surface area contributed by atoms with E-state index < -0.39 is 5.54 Å². The predicted molar refractivity (Wildman–Crippen MR) is 77.3 cm³/mol. The molecule has 1 aliphatic heterocycles. The van der Waals surface area contributed by atoms with Crippen molar-refractivity contribution in [3.05, 3.63) is 10.4 Å². The Morgan fingerprint density at radius 2 is 2.25 bits per heavy atom. The molecule has 0 spiro atoms. The number of rotatable bonds is 6. The van der Waals surface area contributed by atoms with Crippen LogP contribution >= 0.6 is 0 Å². The lowest BCUT2D eigenvalue weighted by Crippen LogP contribution is -2.54. The highest BCUT2D eigenvalue weighted by Gasteiger charge is 2.40. The molecule has 0 saturated carbocycles. The molecule has 0 bridgehead atoms. The first-order valence-corrected chi connectivity index (χ1v) is 7.14. The Morgan fingerprint density at radius 3 is 2.85 bits per heavy atom. The Hall–Kier alpha value is -1.30. The van der Waals surface area contributed by atoms with Crippen molar-refractivity contribution in [3.63, 3.8) is 0 Å². The molecule has 20 heavy (non-hydrogen) atoms. The lowest BCUT2D eigenvalue weighted by Gasteiger charge is -2.31. The molecule has 1 atom stereocenters. The van der Waals surface area contributed by atoms with E-state index in [0.29, 0.717) is 25.6 Å². The molecule has 0 aromatic heterocycles. The van der Waals surface area contributed by atoms with Gasteiger partial charge in [-0.15, -0.1) is 0 Å². The lowest BCUT2D eigenvalue weighted by molar-refractivity contribution is -0.149. The van der Waals surface area contributed by atoms with Gasteiger partial charge in [-0.3, -0.25) is 4.79 Å². The summed E-state index contributed by atoms with van der Waals surface area (Å²) >= 11 is 0. The van der Waals surface area contributed by atoms with Crippen molar-refractivity contribution >= 4 is 5.97 Å². The van der Waals surface area contributed by atoms with E-state index in [2.05, 4.69) is 34.1 Å². The highest BCUT2D eigenvalue weighted by Crippen LogP contribution is 2.25. The van der Waals surface area contributed by atoms with Gasteiger partial charge in [0.15, 0.2) is 0 Å². The van der Waals surface area contributed by atoms with Crippen molar-refractivity contribution in [1.29, 1.82) is 0 Å². The number of nitrogens with one attached hydrogen (secondary N) is 1. The van der Waals surface area contributed by atoms with Gasteiger partial charge >= 0.3 is 5.97 Å². The van der Waals surface area contributed by atoms with Crippen LogP contribution in [0.4, 0.5) is 0 Å². The quantitative estimate of drug-likeness (QED) is 0.264. The molecular weight excluding hydrogens is 258 g/mol. The van der Waals surface area contributed by atoms with Gasteiger partial charge in [-0.2, -0.15) is 0 Å². The number of carbonyl (C=O) groups excluding carboxylic acids is 1. The van der Waals surface area contributed by atoms with E-state index in [1.807, 2.05) is 0 Å². The van der Waals surface area contributed by atoms with Gasteiger partial charge in [-0.1, -0.05) is 5.11 Å². The van der Waals surface area contributed by atoms with Crippen LogP contribution < -0.4 is 5.32 Å². The zero-order valence-corrected chi connectivity index (χ0v) is 12.6. The average Bonchev–Trinajstić information content (AvgIpc) is 2.66. The Kier molecular flexibility index (Phi) is 6.78. The zero-order valence-electron chi connectivity index (χ0n) is 12.6. The maximum absolute atomic E-state index is 12.2. The van der Waals surface area contributed by atoms with Crippen LogP contribution in [0.25, 0.3) is 10.4 Å². The van der Waals surface area contributed by atoms with E-state index in [4.69, 9.17) is 10.3 Å². The minimum absolute atomic E-state index is 0.218. The van der Waals surface area contributed by atoms with E-state index in [0.717, 1.165) is 25.9 Å². The van der Waals surface area contributed by atoms with Gasteiger partial charge < -0.3 is 15.0 Å². The van der Waals surface area contributed by atoms with Crippen LogP contribution in [-0.4, -0.2) is 55.7 Å². The SMILES string of the molecule is COC(=O)C1(NCCN=[N+]=[N-])CCCN(C(C)C)CC1. The largest absolute Gasteiger partial charge is 0.468 e. The third-order valence-corrected chi connectivity index (χ3v) is 3.92. The van der Waals surface area contributed by atoms with Crippen LogP contribution in [0.15, 0.2) is 5.11 Å². The van der Waals surface area contributed by atoms with Gasteiger partial charge in [-0.25, -0.2) is 0 Å². The van der Waals surface area contributed by atoms with E-state index in [1.54, 1.807) is 0 Å². The van der Waals surface area contributed by atoms with Gasteiger partial charge in [0.25, 0.3) is 0 Å². The fourth-order valence-corrected chi connectivity index (χ4v) is 2.71. The highest BCUT2D eigenvalue weighted by atomic mass is 16.5. The second-order valence-electron chi connectivity index (χ2n) is 5.44. The molecule has 0 aliphatic carbocycles. The number of carbonyl (C=O) groups is 1. The molecule has 1 heterocycles. The molecule has 7 nitrogen and oxygen atoms in total. The number of nitrogens with zero attached hydrogens (tertiary/aromatic N) is 4. The van der Waals surface area contributed by atoms with Crippen molar-refractivity contribution in [2.75, 3.05) is 33.3 Å². The molecule has 1 fully saturated rings. The van der Waals surface area contributed by atoms with Crippen molar-refractivity contribution in [2.45, 2.75) is 44.7 Å². The Morgan fingerprint density at radius 1 is 1.50 bits per heavy atom. The molecule has 1 rings (SSSR count). The first-order valence-electron chi connectivity index (χ1n) is 7.14. The van der Waals surface area contributed by atoms with Crippen LogP contribution in [-0.2, 0) is 9.53 Å². The van der Waals surface area contributed by atoms with Crippen molar-refractivity contribution in [1.82, 2.24) is 10.2 Å². The Labute approximate surface area is 120 Å². The van der Waals surface area contributed by atoms with E-state index in [1.165, 1.54) is 7.11 Å². The van der Waals surface area contributed by atoms with E-state index in [9.17, 15) is 4.79 Å². The lowest BCUT2D eigenvalue weighted by atomic mass is 9.90. The smallest absolute Gasteiger partial charge is 0.326 e. The van der Waals surface area contributed by atoms with Gasteiger partial charge in [-0.05, 0) is 45.2 Å². The van der Waals surface area contributed by atoms with Gasteiger partial charge in [0.2, 0.25) is 0 Å². The van der Waals surface area contributed by atoms with Crippen LogP contribution in [0.1, 0.15) is 33.1 Å². The summed E-state index contributed by atoms with van der Waals surface area (Å²) in [6, 6.07) is 0.478. The maximum atomic E-state index is 12.2. The molecule has 0 radical (unpaired) electrons. The van der Waals surface area contributed by atoms with Gasteiger partial charge in [0, 0.05) is 30.6 Å². The number of esters is 1. The van der Waals surface area contributed by atoms with Crippen LogP contribution in [0.3, 0.4) is 0 Å². The maximum Gasteiger partial charge on any atom is 0.326 e. The Balaban J connectivity index is 2.72. The predicted octanol–water partition coefficient (Wildman–Crippen LogP) is 1.69. The number of ether oxygens (including phenoxy) is 1. The fourth-order valence-electron chi connectivity index (χ4n) is 2.71. The zero-order chi connectivity index (χ0) is 15.0. The summed E-state index contributed by atoms with van der Waals surface area (Å²) in [5.74, 6) is -0.218. The normalized spacial score (nSPS) is 24.0. The minimum atomic E-state index is -0.649. The molecule has 0 aromatic rings. The van der Waals surface area contributed by atoms with E-state index in [-0.39, 0.29) is 5.97 Å². The summed E-state index contributed by atoms with van der Waals surface area (Å²) in [7, 11) is 1.42. The summed E-state index contributed by atoms with van der Waals surface area (Å²) in [5, 5.41) is 6.75. The van der Waals surface area contributed by atoms with Crippen molar-refractivity contribution in [3.8, 4) is 0 Å². The monoisotopic (exact) mass is 283 g/mol. The first-order chi connectivity index (χ1) is 9.55. The summed E-state index contributed by atoms with van der Waals surface area (Å²) in [4.78, 5) is 17.3. The third kappa shape index (κ3) is 4.37. The topological polar surface area (TPSA) is 90.3 Å². The molecule has 1 unspecified atom stereocenters. The summed E-state index contributed by atoms with van der Waals surface area (Å²) in [6.07, 6.45) is 2.41. The number of hydrogen-bond donors (Lipinski definition) is 1. The first kappa shape index (κ1) is 16.8. The molecule has 0 aromatic carbocycles. The fraction of sp³-hybridized carbons (Fsp3) is 0.923. The third-order valence-electron chi connectivity index (χ3n) is 3.92. The average molecular weight is 283 g/mol. The van der Waals surface area contributed by atoms with Crippen LogP contribution in [0.5, 0.6) is 0 Å². The Bertz CT molecular complexity index is 368. The van der Waals surface area contributed by atoms with E-state index >= 15 is 0 Å². The standard InChI is InChI=1S/C13H25N5O2/c1-11(2)18-9-4-5-13(6-10-18,12(19)20-3)15-7-8-16-17-14/h11,15H,4-10H2,1-3H3. The second-order valence-corrected chi connectivity index (χ2v) is 5.44. The summed E-state index contributed by atoms with van der Waals surface area (Å²) in [5.41, 5.74) is 7.65. The number of azide groups is 1.